The Morgan fingerprint density at radius 2 is 2.20 bits per heavy atom. The number of nitrogens with zero attached hydrogens (tertiary/aromatic N) is 1. The van der Waals surface area contributed by atoms with Gasteiger partial charge in [0, 0.05) is 17.4 Å². The fourth-order valence-electron chi connectivity index (χ4n) is 1.31. The molecule has 0 saturated heterocycles. The first-order valence-corrected chi connectivity index (χ1v) is 5.54. The highest BCUT2D eigenvalue weighted by atomic mass is 32.2. The van der Waals surface area contributed by atoms with E-state index in [0.717, 1.165) is 17.7 Å². The van der Waals surface area contributed by atoms with Crippen LogP contribution in [0.25, 0.3) is 0 Å². The number of hydrogen-bond donors (Lipinski definition) is 0. The Labute approximate surface area is 93.0 Å². The van der Waals surface area contributed by atoms with Crippen LogP contribution in [0.4, 0.5) is 5.69 Å². The van der Waals surface area contributed by atoms with Gasteiger partial charge >= 0.3 is 0 Å². The molecule has 0 aliphatic heterocycles. The highest BCUT2D eigenvalue weighted by molar-refractivity contribution is 7.94. The van der Waals surface area contributed by atoms with Crippen LogP contribution < -0.4 is 0 Å². The third-order valence-corrected chi connectivity index (χ3v) is 2.67. The lowest BCUT2D eigenvalue weighted by Crippen LogP contribution is -1.96. The number of nitro benzene ring substituents is 1. The molecule has 0 amide bonds. The van der Waals surface area contributed by atoms with Crippen molar-refractivity contribution in [3.05, 3.63) is 39.9 Å². The van der Waals surface area contributed by atoms with Crippen LogP contribution in [-0.2, 0) is 10.6 Å². The highest BCUT2D eigenvalue weighted by Crippen LogP contribution is 2.19. The Balaban J connectivity index is 2.56. The summed E-state index contributed by atoms with van der Waals surface area (Å²) >= 11 is 1.37. The molecule has 0 heterocycles. The molecule has 0 N–H and O–H groups in total. The fourth-order valence-corrected chi connectivity index (χ4v) is 1.73. The number of hydrogen-bond acceptors (Lipinski definition) is 4. The molecular formula is C10H13NO3S. The fraction of sp³-hybridized carbons (Fsp3) is 0.400. The third-order valence-electron chi connectivity index (χ3n) is 1.98. The Morgan fingerprint density at radius 1 is 1.47 bits per heavy atom. The predicted molar refractivity (Wildman–Crippen MR) is 60.9 cm³/mol. The van der Waals surface area contributed by atoms with Gasteiger partial charge in [0.1, 0.15) is 0 Å². The van der Waals surface area contributed by atoms with Crippen molar-refractivity contribution in [2.45, 2.75) is 12.8 Å². The zero-order valence-corrected chi connectivity index (χ0v) is 9.33. The van der Waals surface area contributed by atoms with Crippen LogP contribution in [0.3, 0.4) is 0 Å². The Kier molecular flexibility index (Phi) is 5.14. The minimum absolute atomic E-state index is 0.208. The van der Waals surface area contributed by atoms with Crippen molar-refractivity contribution in [3.63, 3.8) is 0 Å². The number of para-hydroxylation sites is 1. The lowest BCUT2D eigenvalue weighted by atomic mass is 10.1. The van der Waals surface area contributed by atoms with Crippen LogP contribution in [-0.4, -0.2) is 17.8 Å². The monoisotopic (exact) mass is 227 g/mol. The molecule has 1 aromatic rings. The normalized spacial score (nSPS) is 10.2. The van der Waals surface area contributed by atoms with Crippen molar-refractivity contribution in [3.8, 4) is 0 Å². The smallest absolute Gasteiger partial charge is 0.272 e. The first-order chi connectivity index (χ1) is 7.25. The number of rotatable bonds is 6. The predicted octanol–water partition coefficient (Wildman–Crippen LogP) is 2.82. The third kappa shape index (κ3) is 3.89. The van der Waals surface area contributed by atoms with E-state index in [4.69, 9.17) is 4.18 Å². The molecule has 4 nitrogen and oxygen atoms in total. The van der Waals surface area contributed by atoms with E-state index in [1.165, 1.54) is 12.0 Å². The second-order valence-electron chi connectivity index (χ2n) is 2.98. The molecule has 0 fully saturated rings. The molecule has 0 aliphatic carbocycles. The average molecular weight is 227 g/mol. The summed E-state index contributed by atoms with van der Waals surface area (Å²) in [6.07, 6.45) is 1.59. The van der Waals surface area contributed by atoms with Gasteiger partial charge in [0.2, 0.25) is 0 Å². The van der Waals surface area contributed by atoms with Gasteiger partial charge in [-0.3, -0.25) is 10.1 Å². The van der Waals surface area contributed by atoms with Crippen molar-refractivity contribution in [2.75, 3.05) is 12.9 Å². The van der Waals surface area contributed by atoms with Gasteiger partial charge in [-0.05, 0) is 24.9 Å². The number of benzene rings is 1. The Hall–Kier alpha value is -1.07. The second-order valence-corrected chi connectivity index (χ2v) is 3.96. The van der Waals surface area contributed by atoms with Crippen LogP contribution >= 0.6 is 12.0 Å². The van der Waals surface area contributed by atoms with Gasteiger partial charge in [0.05, 0.1) is 12.0 Å². The molecule has 0 saturated carbocycles. The molecule has 0 spiro atoms. The minimum atomic E-state index is -0.335. The maximum atomic E-state index is 10.7. The van der Waals surface area contributed by atoms with Crippen LogP contribution in [0, 0.1) is 10.1 Å². The summed E-state index contributed by atoms with van der Waals surface area (Å²) in [5.74, 6) is 0.850. The molecular weight excluding hydrogens is 214 g/mol. The van der Waals surface area contributed by atoms with E-state index in [1.807, 2.05) is 6.07 Å². The number of nitro groups is 1. The topological polar surface area (TPSA) is 52.4 Å². The van der Waals surface area contributed by atoms with E-state index in [0.29, 0.717) is 6.42 Å². The molecule has 15 heavy (non-hydrogen) atoms. The average Bonchev–Trinajstić information content (AvgIpc) is 2.25. The van der Waals surface area contributed by atoms with E-state index in [2.05, 4.69) is 0 Å². The van der Waals surface area contributed by atoms with Crippen molar-refractivity contribution >= 4 is 17.7 Å². The van der Waals surface area contributed by atoms with E-state index in [-0.39, 0.29) is 10.6 Å². The Bertz CT molecular complexity index is 330. The summed E-state index contributed by atoms with van der Waals surface area (Å²) in [4.78, 5) is 10.4. The van der Waals surface area contributed by atoms with Crippen molar-refractivity contribution in [2.24, 2.45) is 0 Å². The van der Waals surface area contributed by atoms with Gasteiger partial charge in [0.25, 0.3) is 5.69 Å². The van der Waals surface area contributed by atoms with Crippen LogP contribution in [0.2, 0.25) is 0 Å². The standard InChI is InChI=1S/C10H13NO3S/c1-14-15-8-4-6-9-5-2-3-7-10(9)11(12)13/h2-3,5,7H,4,6,8H2,1H3. The molecule has 0 radical (unpaired) electrons. The molecule has 0 bridgehead atoms. The summed E-state index contributed by atoms with van der Waals surface area (Å²) in [5.41, 5.74) is 0.999. The van der Waals surface area contributed by atoms with Crippen molar-refractivity contribution in [1.29, 1.82) is 0 Å². The van der Waals surface area contributed by atoms with Gasteiger partial charge in [-0.2, -0.15) is 0 Å². The maximum absolute atomic E-state index is 10.7. The summed E-state index contributed by atoms with van der Waals surface area (Å²) < 4.78 is 4.84. The van der Waals surface area contributed by atoms with Crippen molar-refractivity contribution < 1.29 is 9.11 Å². The highest BCUT2D eigenvalue weighted by Gasteiger charge is 2.11. The molecule has 0 atom stereocenters. The van der Waals surface area contributed by atoms with E-state index in [9.17, 15) is 10.1 Å². The summed E-state index contributed by atoms with van der Waals surface area (Å²) in [7, 11) is 1.62. The molecule has 1 rings (SSSR count). The first-order valence-electron chi connectivity index (χ1n) is 4.63. The van der Waals surface area contributed by atoms with Crippen molar-refractivity contribution in [1.82, 2.24) is 0 Å². The molecule has 0 aromatic heterocycles. The quantitative estimate of drug-likeness (QED) is 0.324. The van der Waals surface area contributed by atoms with Gasteiger partial charge in [-0.15, -0.1) is 0 Å². The minimum Gasteiger partial charge on any atom is -0.319 e. The van der Waals surface area contributed by atoms with Gasteiger partial charge < -0.3 is 4.18 Å². The summed E-state index contributed by atoms with van der Waals surface area (Å²) in [5, 5.41) is 10.7. The zero-order valence-electron chi connectivity index (χ0n) is 8.51. The summed E-state index contributed by atoms with van der Waals surface area (Å²) in [6.45, 7) is 0. The van der Waals surface area contributed by atoms with Gasteiger partial charge in [-0.1, -0.05) is 18.2 Å². The first kappa shape index (κ1) is 12.0. The van der Waals surface area contributed by atoms with Crippen LogP contribution in [0.15, 0.2) is 24.3 Å². The lowest BCUT2D eigenvalue weighted by molar-refractivity contribution is -0.385. The maximum Gasteiger partial charge on any atom is 0.272 e. The van der Waals surface area contributed by atoms with E-state index < -0.39 is 0 Å². The molecule has 5 heteroatoms. The van der Waals surface area contributed by atoms with Gasteiger partial charge in [0.15, 0.2) is 0 Å². The van der Waals surface area contributed by atoms with Gasteiger partial charge in [-0.25, -0.2) is 0 Å². The van der Waals surface area contributed by atoms with Crippen LogP contribution in [0.5, 0.6) is 0 Å². The van der Waals surface area contributed by atoms with Crippen LogP contribution in [0.1, 0.15) is 12.0 Å². The molecule has 0 aliphatic rings. The molecule has 82 valence electrons. The zero-order chi connectivity index (χ0) is 11.1. The SMILES string of the molecule is COSCCCc1ccccc1[N+](=O)[O-]. The summed E-state index contributed by atoms with van der Waals surface area (Å²) in [6, 6.07) is 6.85. The van der Waals surface area contributed by atoms with E-state index >= 15 is 0 Å². The molecule has 1 aromatic carbocycles. The second kappa shape index (κ2) is 6.42. The Morgan fingerprint density at radius 3 is 2.87 bits per heavy atom. The number of aryl methyl sites for hydroxylation is 1. The lowest BCUT2D eigenvalue weighted by Gasteiger charge is -2.01. The largest absolute Gasteiger partial charge is 0.319 e. The molecule has 0 unspecified atom stereocenters. The van der Waals surface area contributed by atoms with E-state index in [1.54, 1.807) is 25.3 Å².